The minimum absolute atomic E-state index is 0.542. The predicted octanol–water partition coefficient (Wildman–Crippen LogP) is 2.43. The van der Waals surface area contributed by atoms with E-state index >= 15 is 0 Å². The number of hydrogen-bond donors (Lipinski definition) is 1. The second-order valence-corrected chi connectivity index (χ2v) is 3.90. The largest absolute Gasteiger partial charge is 0.487 e. The molecule has 1 aromatic heterocycles. The van der Waals surface area contributed by atoms with Crippen molar-refractivity contribution in [3.63, 3.8) is 0 Å². The van der Waals surface area contributed by atoms with E-state index in [9.17, 15) is 0 Å². The van der Waals surface area contributed by atoms with Gasteiger partial charge in [-0.15, -0.1) is 0 Å². The van der Waals surface area contributed by atoms with Crippen molar-refractivity contribution in [3.8, 4) is 5.75 Å². The first kappa shape index (κ1) is 11.6. The smallest absolute Gasteiger partial charge is 0.141 e. The van der Waals surface area contributed by atoms with Crippen molar-refractivity contribution in [3.05, 3.63) is 59.4 Å². The molecule has 17 heavy (non-hydrogen) atoms. The summed E-state index contributed by atoms with van der Waals surface area (Å²) >= 11 is 0. The Morgan fingerprint density at radius 2 is 2.00 bits per heavy atom. The Hall–Kier alpha value is -1.87. The van der Waals surface area contributed by atoms with Gasteiger partial charge in [0.2, 0.25) is 0 Å². The molecular weight excluding hydrogens is 212 g/mol. The summed E-state index contributed by atoms with van der Waals surface area (Å²) in [4.78, 5) is 4.18. The molecule has 2 N–H and O–H groups in total. The number of aromatic nitrogens is 1. The zero-order valence-electron chi connectivity index (χ0n) is 9.89. The fraction of sp³-hybridized carbons (Fsp3) is 0.214. The van der Waals surface area contributed by atoms with Crippen LogP contribution in [-0.4, -0.2) is 4.98 Å². The lowest BCUT2D eigenvalue weighted by Crippen LogP contribution is -2.00. The molecule has 0 amide bonds. The summed E-state index contributed by atoms with van der Waals surface area (Å²) in [5.74, 6) is 0.825. The third-order valence-corrected chi connectivity index (χ3v) is 2.58. The van der Waals surface area contributed by atoms with Crippen LogP contribution < -0.4 is 10.5 Å². The van der Waals surface area contributed by atoms with Crippen molar-refractivity contribution in [2.45, 2.75) is 20.1 Å². The van der Waals surface area contributed by atoms with Gasteiger partial charge in [-0.1, -0.05) is 24.3 Å². The highest BCUT2D eigenvalue weighted by molar-refractivity contribution is 5.27. The van der Waals surface area contributed by atoms with Crippen LogP contribution >= 0.6 is 0 Å². The van der Waals surface area contributed by atoms with E-state index in [2.05, 4.69) is 11.1 Å². The molecule has 3 nitrogen and oxygen atoms in total. The summed E-state index contributed by atoms with van der Waals surface area (Å²) in [6, 6.07) is 11.9. The average Bonchev–Trinajstić information content (AvgIpc) is 2.38. The van der Waals surface area contributed by atoms with Crippen molar-refractivity contribution in [2.75, 3.05) is 0 Å². The number of aryl methyl sites for hydroxylation is 1. The average molecular weight is 228 g/mol. The van der Waals surface area contributed by atoms with Crippen LogP contribution in [0.4, 0.5) is 0 Å². The number of nitrogens with two attached hydrogens (primary N) is 1. The fourth-order valence-corrected chi connectivity index (χ4v) is 1.63. The molecule has 0 saturated carbocycles. The third kappa shape index (κ3) is 3.04. The van der Waals surface area contributed by atoms with E-state index in [0.29, 0.717) is 13.2 Å². The van der Waals surface area contributed by atoms with Gasteiger partial charge in [0.1, 0.15) is 12.4 Å². The summed E-state index contributed by atoms with van der Waals surface area (Å²) < 4.78 is 5.72. The molecule has 0 aliphatic carbocycles. The SMILES string of the molecule is Cc1ncccc1OCc1cccc(CN)c1. The molecule has 1 heterocycles. The second kappa shape index (κ2) is 5.46. The molecule has 0 fully saturated rings. The van der Waals surface area contributed by atoms with Crippen molar-refractivity contribution in [1.82, 2.24) is 4.98 Å². The Balaban J connectivity index is 2.05. The van der Waals surface area contributed by atoms with Crippen LogP contribution in [0.1, 0.15) is 16.8 Å². The second-order valence-electron chi connectivity index (χ2n) is 3.90. The molecule has 0 radical (unpaired) electrons. The van der Waals surface area contributed by atoms with Crippen LogP contribution in [0, 0.1) is 6.92 Å². The van der Waals surface area contributed by atoms with Gasteiger partial charge in [-0.3, -0.25) is 4.98 Å². The highest BCUT2D eigenvalue weighted by atomic mass is 16.5. The quantitative estimate of drug-likeness (QED) is 0.874. The standard InChI is InChI=1S/C14H16N2O/c1-11-14(6-3-7-16-11)17-10-13-5-2-4-12(8-13)9-15/h2-8H,9-10,15H2,1H3. The van der Waals surface area contributed by atoms with Gasteiger partial charge in [-0.05, 0) is 30.2 Å². The summed E-state index contributed by atoms with van der Waals surface area (Å²) in [6.45, 7) is 3.03. The van der Waals surface area contributed by atoms with Crippen LogP contribution in [0.15, 0.2) is 42.6 Å². The van der Waals surface area contributed by atoms with Gasteiger partial charge >= 0.3 is 0 Å². The first-order valence-electron chi connectivity index (χ1n) is 5.62. The van der Waals surface area contributed by atoms with Gasteiger partial charge in [0.15, 0.2) is 0 Å². The first-order valence-corrected chi connectivity index (χ1v) is 5.62. The van der Waals surface area contributed by atoms with Crippen LogP contribution in [0.5, 0.6) is 5.75 Å². The number of benzene rings is 1. The van der Waals surface area contributed by atoms with Gasteiger partial charge in [0, 0.05) is 12.7 Å². The number of ether oxygens (including phenoxy) is 1. The zero-order valence-corrected chi connectivity index (χ0v) is 9.89. The molecule has 1 aromatic carbocycles. The highest BCUT2D eigenvalue weighted by Crippen LogP contribution is 2.16. The fourth-order valence-electron chi connectivity index (χ4n) is 1.63. The molecule has 3 heteroatoms. The summed E-state index contributed by atoms with van der Waals surface area (Å²) in [6.07, 6.45) is 1.76. The number of rotatable bonds is 4. The van der Waals surface area contributed by atoms with E-state index in [0.717, 1.165) is 22.6 Å². The molecular formula is C14H16N2O. The molecule has 0 spiro atoms. The Labute approximate surface area is 101 Å². The van der Waals surface area contributed by atoms with Gasteiger partial charge in [-0.2, -0.15) is 0 Å². The summed E-state index contributed by atoms with van der Waals surface area (Å²) in [5.41, 5.74) is 8.75. The van der Waals surface area contributed by atoms with Crippen LogP contribution in [0.25, 0.3) is 0 Å². The van der Waals surface area contributed by atoms with E-state index in [4.69, 9.17) is 10.5 Å². The maximum Gasteiger partial charge on any atom is 0.141 e. The van der Waals surface area contributed by atoms with Gasteiger partial charge in [-0.25, -0.2) is 0 Å². The van der Waals surface area contributed by atoms with Crippen molar-refractivity contribution in [1.29, 1.82) is 0 Å². The summed E-state index contributed by atoms with van der Waals surface area (Å²) in [7, 11) is 0. The lowest BCUT2D eigenvalue weighted by molar-refractivity contribution is 0.302. The van der Waals surface area contributed by atoms with E-state index in [1.54, 1.807) is 6.20 Å². The number of hydrogen-bond acceptors (Lipinski definition) is 3. The topological polar surface area (TPSA) is 48.1 Å². The Morgan fingerprint density at radius 1 is 1.18 bits per heavy atom. The lowest BCUT2D eigenvalue weighted by Gasteiger charge is -2.08. The van der Waals surface area contributed by atoms with E-state index in [-0.39, 0.29) is 0 Å². The molecule has 0 bridgehead atoms. The minimum atomic E-state index is 0.542. The van der Waals surface area contributed by atoms with Crippen molar-refractivity contribution in [2.24, 2.45) is 5.73 Å². The molecule has 0 aliphatic rings. The minimum Gasteiger partial charge on any atom is -0.487 e. The molecule has 88 valence electrons. The molecule has 2 aromatic rings. The Bertz CT molecular complexity index is 497. The monoisotopic (exact) mass is 228 g/mol. The maximum absolute atomic E-state index is 5.72. The van der Waals surface area contributed by atoms with Gasteiger partial charge in [0.05, 0.1) is 5.69 Å². The van der Waals surface area contributed by atoms with Crippen LogP contribution in [-0.2, 0) is 13.2 Å². The number of pyridine rings is 1. The third-order valence-electron chi connectivity index (χ3n) is 2.58. The maximum atomic E-state index is 5.72. The lowest BCUT2D eigenvalue weighted by atomic mass is 10.1. The Kier molecular flexibility index (Phi) is 3.73. The molecule has 0 aliphatic heterocycles. The van der Waals surface area contributed by atoms with Crippen LogP contribution in [0.3, 0.4) is 0 Å². The molecule has 0 saturated heterocycles. The van der Waals surface area contributed by atoms with Gasteiger partial charge in [0.25, 0.3) is 0 Å². The first-order chi connectivity index (χ1) is 8.29. The van der Waals surface area contributed by atoms with E-state index in [1.165, 1.54) is 0 Å². The van der Waals surface area contributed by atoms with E-state index < -0.39 is 0 Å². The van der Waals surface area contributed by atoms with Crippen LogP contribution in [0.2, 0.25) is 0 Å². The number of nitrogens with zero attached hydrogens (tertiary/aromatic N) is 1. The molecule has 2 rings (SSSR count). The molecule has 0 unspecified atom stereocenters. The van der Waals surface area contributed by atoms with Gasteiger partial charge < -0.3 is 10.5 Å². The van der Waals surface area contributed by atoms with Crippen molar-refractivity contribution >= 4 is 0 Å². The predicted molar refractivity (Wildman–Crippen MR) is 67.6 cm³/mol. The zero-order chi connectivity index (χ0) is 12.1. The van der Waals surface area contributed by atoms with E-state index in [1.807, 2.05) is 37.3 Å². The Morgan fingerprint density at radius 3 is 2.76 bits per heavy atom. The summed E-state index contributed by atoms with van der Waals surface area (Å²) in [5, 5.41) is 0. The molecule has 0 atom stereocenters. The van der Waals surface area contributed by atoms with Crippen molar-refractivity contribution < 1.29 is 4.74 Å². The highest BCUT2D eigenvalue weighted by Gasteiger charge is 2.00. The normalized spacial score (nSPS) is 10.2.